The summed E-state index contributed by atoms with van der Waals surface area (Å²) in [5.41, 5.74) is 4.50. The second kappa shape index (κ2) is 5.59. The van der Waals surface area contributed by atoms with Gasteiger partial charge in [0, 0.05) is 11.3 Å². The number of fused-ring (bicyclic) bond motifs is 2. The molecule has 24 heavy (non-hydrogen) atoms. The number of benzene rings is 1. The SMILES string of the molecule is Cc1noc(C)c1CC(=O)N1Cc2cnnn2Cc2ccccc21. The first-order chi connectivity index (χ1) is 11.6. The molecule has 0 aliphatic carbocycles. The number of carbonyl (C=O) groups excluding carboxylic acids is 1. The van der Waals surface area contributed by atoms with Crippen LogP contribution in [0.25, 0.3) is 0 Å². The average molecular weight is 323 g/mol. The molecule has 0 radical (unpaired) electrons. The number of anilines is 1. The van der Waals surface area contributed by atoms with Crippen LogP contribution in [-0.2, 0) is 24.3 Å². The molecule has 7 heteroatoms. The fourth-order valence-corrected chi connectivity index (χ4v) is 3.07. The summed E-state index contributed by atoms with van der Waals surface area (Å²) in [6.07, 6.45) is 1.97. The van der Waals surface area contributed by atoms with E-state index in [1.165, 1.54) is 0 Å². The van der Waals surface area contributed by atoms with Crippen molar-refractivity contribution in [2.75, 3.05) is 4.90 Å². The van der Waals surface area contributed by atoms with E-state index in [4.69, 9.17) is 4.52 Å². The van der Waals surface area contributed by atoms with Crippen LogP contribution in [0.5, 0.6) is 0 Å². The second-order valence-electron chi connectivity index (χ2n) is 5.97. The number of amides is 1. The van der Waals surface area contributed by atoms with Crippen molar-refractivity contribution in [3.63, 3.8) is 0 Å². The van der Waals surface area contributed by atoms with E-state index in [2.05, 4.69) is 15.5 Å². The molecule has 0 N–H and O–H groups in total. The molecule has 2 aromatic heterocycles. The molecule has 7 nitrogen and oxygen atoms in total. The van der Waals surface area contributed by atoms with Crippen molar-refractivity contribution in [3.8, 4) is 0 Å². The topological polar surface area (TPSA) is 77.1 Å². The van der Waals surface area contributed by atoms with Gasteiger partial charge in [-0.3, -0.25) is 4.79 Å². The van der Waals surface area contributed by atoms with Gasteiger partial charge in [-0.05, 0) is 25.5 Å². The fourth-order valence-electron chi connectivity index (χ4n) is 3.07. The molecule has 1 aliphatic heterocycles. The van der Waals surface area contributed by atoms with Gasteiger partial charge in [0.2, 0.25) is 5.91 Å². The summed E-state index contributed by atoms with van der Waals surface area (Å²) in [7, 11) is 0. The highest BCUT2D eigenvalue weighted by Gasteiger charge is 2.26. The fraction of sp³-hybridized carbons (Fsp3) is 0.294. The van der Waals surface area contributed by atoms with Gasteiger partial charge in [0.05, 0.1) is 37.1 Å². The Balaban J connectivity index is 1.72. The van der Waals surface area contributed by atoms with Crippen molar-refractivity contribution in [2.45, 2.75) is 33.4 Å². The van der Waals surface area contributed by atoms with E-state index in [0.717, 1.165) is 28.2 Å². The minimum absolute atomic E-state index is 0.00602. The largest absolute Gasteiger partial charge is 0.361 e. The lowest BCUT2D eigenvalue weighted by atomic mass is 10.1. The zero-order valence-electron chi connectivity index (χ0n) is 13.6. The van der Waals surface area contributed by atoms with Gasteiger partial charge >= 0.3 is 0 Å². The van der Waals surface area contributed by atoms with Crippen LogP contribution in [0, 0.1) is 13.8 Å². The molecule has 1 aliphatic rings. The molecule has 0 saturated carbocycles. The Morgan fingerprint density at radius 2 is 2.08 bits per heavy atom. The van der Waals surface area contributed by atoms with Gasteiger partial charge in [-0.1, -0.05) is 28.6 Å². The van der Waals surface area contributed by atoms with E-state index < -0.39 is 0 Å². The van der Waals surface area contributed by atoms with Gasteiger partial charge in [0.1, 0.15) is 5.76 Å². The highest BCUT2D eigenvalue weighted by Crippen LogP contribution is 2.28. The molecule has 3 aromatic rings. The van der Waals surface area contributed by atoms with Crippen molar-refractivity contribution in [1.29, 1.82) is 0 Å². The third kappa shape index (κ3) is 2.38. The number of aryl methyl sites for hydroxylation is 2. The van der Waals surface area contributed by atoms with Crippen molar-refractivity contribution in [2.24, 2.45) is 0 Å². The van der Waals surface area contributed by atoms with Gasteiger partial charge in [-0.2, -0.15) is 0 Å². The molecule has 1 aromatic carbocycles. The lowest BCUT2D eigenvalue weighted by molar-refractivity contribution is -0.118. The normalized spacial score (nSPS) is 13.3. The van der Waals surface area contributed by atoms with Crippen LogP contribution in [0.4, 0.5) is 5.69 Å². The number of rotatable bonds is 2. The molecule has 0 atom stereocenters. The number of nitrogens with zero attached hydrogens (tertiary/aromatic N) is 5. The van der Waals surface area contributed by atoms with Gasteiger partial charge in [0.25, 0.3) is 0 Å². The van der Waals surface area contributed by atoms with E-state index >= 15 is 0 Å². The summed E-state index contributed by atoms with van der Waals surface area (Å²) in [6, 6.07) is 7.90. The maximum atomic E-state index is 13.0. The number of hydrogen-bond donors (Lipinski definition) is 0. The molecule has 0 saturated heterocycles. The van der Waals surface area contributed by atoms with E-state index in [1.54, 1.807) is 11.1 Å². The van der Waals surface area contributed by atoms with Crippen LogP contribution >= 0.6 is 0 Å². The van der Waals surface area contributed by atoms with Crippen molar-refractivity contribution >= 4 is 11.6 Å². The van der Waals surface area contributed by atoms with E-state index in [0.29, 0.717) is 18.8 Å². The summed E-state index contributed by atoms with van der Waals surface area (Å²) < 4.78 is 7.01. The molecule has 0 unspecified atom stereocenters. The maximum absolute atomic E-state index is 13.0. The lowest BCUT2D eigenvalue weighted by Crippen LogP contribution is -2.32. The lowest BCUT2D eigenvalue weighted by Gasteiger charge is -2.22. The molecule has 3 heterocycles. The van der Waals surface area contributed by atoms with Gasteiger partial charge in [-0.15, -0.1) is 5.10 Å². The summed E-state index contributed by atoms with van der Waals surface area (Å²) in [4.78, 5) is 14.8. The molecular formula is C17H17N5O2. The van der Waals surface area contributed by atoms with Crippen LogP contribution < -0.4 is 4.90 Å². The number of aromatic nitrogens is 4. The zero-order chi connectivity index (χ0) is 16.7. The minimum atomic E-state index is 0.00602. The Bertz CT molecular complexity index is 892. The summed E-state index contributed by atoms with van der Waals surface area (Å²) >= 11 is 0. The Kier molecular flexibility index (Phi) is 3.41. The zero-order valence-corrected chi connectivity index (χ0v) is 13.6. The highest BCUT2D eigenvalue weighted by atomic mass is 16.5. The number of carbonyl (C=O) groups is 1. The molecule has 0 spiro atoms. The van der Waals surface area contributed by atoms with Crippen LogP contribution in [0.2, 0.25) is 0 Å². The molecule has 4 rings (SSSR count). The third-order valence-corrected chi connectivity index (χ3v) is 4.43. The first kappa shape index (κ1) is 14.6. The van der Waals surface area contributed by atoms with E-state index in [1.807, 2.05) is 42.8 Å². The molecular weight excluding hydrogens is 306 g/mol. The predicted octanol–water partition coefficient (Wildman–Crippen LogP) is 2.02. The molecule has 1 amide bonds. The van der Waals surface area contributed by atoms with Crippen molar-refractivity contribution < 1.29 is 9.32 Å². The average Bonchev–Trinajstić information content (AvgIpc) is 3.10. The van der Waals surface area contributed by atoms with E-state index in [9.17, 15) is 4.79 Å². The van der Waals surface area contributed by atoms with Crippen molar-refractivity contribution in [3.05, 3.63) is 58.7 Å². The Morgan fingerprint density at radius 1 is 1.25 bits per heavy atom. The molecule has 122 valence electrons. The van der Waals surface area contributed by atoms with Crippen LogP contribution in [-0.4, -0.2) is 26.1 Å². The summed E-state index contributed by atoms with van der Waals surface area (Å²) in [5.74, 6) is 0.696. The maximum Gasteiger partial charge on any atom is 0.231 e. The Morgan fingerprint density at radius 3 is 2.88 bits per heavy atom. The van der Waals surface area contributed by atoms with Gasteiger partial charge < -0.3 is 9.42 Å². The van der Waals surface area contributed by atoms with E-state index in [-0.39, 0.29) is 12.3 Å². The van der Waals surface area contributed by atoms with Gasteiger partial charge in [-0.25, -0.2) is 4.68 Å². The smallest absolute Gasteiger partial charge is 0.231 e. The number of para-hydroxylation sites is 1. The predicted molar refractivity (Wildman–Crippen MR) is 86.4 cm³/mol. The van der Waals surface area contributed by atoms with Crippen molar-refractivity contribution in [1.82, 2.24) is 20.2 Å². The third-order valence-electron chi connectivity index (χ3n) is 4.43. The first-order valence-corrected chi connectivity index (χ1v) is 7.81. The number of hydrogen-bond acceptors (Lipinski definition) is 5. The Labute approximate surface area is 138 Å². The van der Waals surface area contributed by atoms with Crippen LogP contribution in [0.1, 0.15) is 28.3 Å². The Hall–Kier alpha value is -2.96. The first-order valence-electron chi connectivity index (χ1n) is 7.81. The molecule has 0 bridgehead atoms. The quantitative estimate of drug-likeness (QED) is 0.721. The van der Waals surface area contributed by atoms with Gasteiger partial charge in [0.15, 0.2) is 0 Å². The monoisotopic (exact) mass is 323 g/mol. The standard InChI is InChI=1S/C17H17N5O2/c1-11-15(12(2)24-19-11)7-17(23)21-10-14-8-18-20-22(14)9-13-5-3-4-6-16(13)21/h3-6,8H,7,9-10H2,1-2H3. The van der Waals surface area contributed by atoms with Crippen LogP contribution in [0.15, 0.2) is 35.0 Å². The second-order valence-corrected chi connectivity index (χ2v) is 5.97. The summed E-state index contributed by atoms with van der Waals surface area (Å²) in [6.45, 7) is 4.75. The van der Waals surface area contributed by atoms with Crippen LogP contribution in [0.3, 0.4) is 0 Å². The minimum Gasteiger partial charge on any atom is -0.361 e. The molecule has 0 fully saturated rings. The highest BCUT2D eigenvalue weighted by molar-refractivity contribution is 5.95. The summed E-state index contributed by atoms with van der Waals surface area (Å²) in [5, 5.41) is 12.0.